The smallest absolute Gasteiger partial charge is 0.277 e. The number of nitrogens with one attached hydrogen (secondary N) is 1. The third kappa shape index (κ3) is 4.98. The minimum absolute atomic E-state index is 0.0979. The summed E-state index contributed by atoms with van der Waals surface area (Å²) in [5, 5.41) is 11.5. The van der Waals surface area contributed by atoms with E-state index in [1.807, 2.05) is 50.2 Å². The molecule has 5 nitrogen and oxygen atoms in total. The van der Waals surface area contributed by atoms with E-state index in [9.17, 15) is 4.79 Å². The molecule has 0 aliphatic heterocycles. The van der Waals surface area contributed by atoms with E-state index in [0.29, 0.717) is 17.0 Å². The van der Waals surface area contributed by atoms with Crippen molar-refractivity contribution in [2.75, 3.05) is 11.1 Å². The monoisotopic (exact) mass is 381 g/mol. The average molecular weight is 382 g/mol. The topological polar surface area (TPSA) is 68.0 Å². The average Bonchev–Trinajstić information content (AvgIpc) is 3.08. The molecule has 0 aliphatic rings. The number of para-hydroxylation sites is 1. The Kier molecular flexibility index (Phi) is 5.96. The summed E-state index contributed by atoms with van der Waals surface area (Å²) in [6, 6.07) is 13.9. The molecule has 1 heterocycles. The highest BCUT2D eigenvalue weighted by atomic mass is 32.2. The van der Waals surface area contributed by atoms with Crippen molar-refractivity contribution in [3.63, 3.8) is 0 Å². The van der Waals surface area contributed by atoms with Crippen LogP contribution in [0.3, 0.4) is 0 Å². The van der Waals surface area contributed by atoms with Gasteiger partial charge < -0.3 is 9.73 Å². The van der Waals surface area contributed by atoms with Crippen molar-refractivity contribution in [1.82, 2.24) is 10.2 Å². The normalized spacial score (nSPS) is 11.0. The van der Waals surface area contributed by atoms with Crippen molar-refractivity contribution in [2.45, 2.75) is 38.8 Å². The summed E-state index contributed by atoms with van der Waals surface area (Å²) in [7, 11) is 0. The van der Waals surface area contributed by atoms with Gasteiger partial charge >= 0.3 is 0 Å². The predicted octanol–water partition coefficient (Wildman–Crippen LogP) is 5.21. The number of aromatic nitrogens is 2. The van der Waals surface area contributed by atoms with Gasteiger partial charge in [-0.2, -0.15) is 0 Å². The van der Waals surface area contributed by atoms with Crippen molar-refractivity contribution < 1.29 is 9.21 Å². The number of rotatable bonds is 6. The Labute approximate surface area is 163 Å². The maximum absolute atomic E-state index is 12.3. The van der Waals surface area contributed by atoms with Gasteiger partial charge in [-0.15, -0.1) is 10.2 Å². The highest BCUT2D eigenvalue weighted by Crippen LogP contribution is 2.26. The van der Waals surface area contributed by atoms with E-state index in [-0.39, 0.29) is 11.7 Å². The summed E-state index contributed by atoms with van der Waals surface area (Å²) in [5.74, 6) is 0.917. The zero-order valence-corrected chi connectivity index (χ0v) is 16.8. The van der Waals surface area contributed by atoms with Gasteiger partial charge in [0.1, 0.15) is 0 Å². The molecular formula is C21H23N3O2S. The number of hydrogen-bond acceptors (Lipinski definition) is 5. The Bertz CT molecular complexity index is 930. The Morgan fingerprint density at radius 3 is 2.52 bits per heavy atom. The second-order valence-electron chi connectivity index (χ2n) is 6.83. The second-order valence-corrected chi connectivity index (χ2v) is 7.75. The summed E-state index contributed by atoms with van der Waals surface area (Å²) in [6.45, 7) is 8.27. The van der Waals surface area contributed by atoms with Crippen LogP contribution in [0.4, 0.5) is 5.69 Å². The van der Waals surface area contributed by atoms with Crippen LogP contribution in [0.25, 0.3) is 11.5 Å². The van der Waals surface area contributed by atoms with Crippen LogP contribution in [0.15, 0.2) is 52.1 Å². The molecule has 27 heavy (non-hydrogen) atoms. The first-order chi connectivity index (χ1) is 12.9. The van der Waals surface area contributed by atoms with Crippen LogP contribution in [-0.4, -0.2) is 21.9 Å². The number of benzene rings is 2. The number of anilines is 1. The molecule has 1 amide bonds. The van der Waals surface area contributed by atoms with Crippen LogP contribution >= 0.6 is 11.8 Å². The van der Waals surface area contributed by atoms with Gasteiger partial charge in [0.05, 0.1) is 5.75 Å². The van der Waals surface area contributed by atoms with E-state index in [2.05, 4.69) is 35.4 Å². The maximum atomic E-state index is 12.3. The first kappa shape index (κ1) is 19.2. The molecule has 6 heteroatoms. The molecule has 1 aromatic heterocycles. The quantitative estimate of drug-likeness (QED) is 0.594. The molecular weight excluding hydrogens is 358 g/mol. The maximum Gasteiger partial charge on any atom is 0.277 e. The molecule has 0 bridgehead atoms. The SMILES string of the molecule is Cc1cc(C)cc(-c2nnc(SCC(=O)Nc3ccccc3C(C)C)o2)c1. The molecule has 0 saturated heterocycles. The number of amides is 1. The molecule has 3 aromatic rings. The van der Waals surface area contributed by atoms with Gasteiger partial charge in [-0.25, -0.2) is 0 Å². The summed E-state index contributed by atoms with van der Waals surface area (Å²) in [4.78, 5) is 12.3. The highest BCUT2D eigenvalue weighted by Gasteiger charge is 2.13. The molecule has 1 N–H and O–H groups in total. The number of hydrogen-bond donors (Lipinski definition) is 1. The van der Waals surface area contributed by atoms with Gasteiger partial charge in [0.15, 0.2) is 0 Å². The summed E-state index contributed by atoms with van der Waals surface area (Å²) in [6.07, 6.45) is 0. The molecule has 0 unspecified atom stereocenters. The van der Waals surface area contributed by atoms with Crippen molar-refractivity contribution in [3.05, 3.63) is 59.2 Å². The Morgan fingerprint density at radius 1 is 1.11 bits per heavy atom. The fourth-order valence-corrected chi connectivity index (χ4v) is 3.47. The lowest BCUT2D eigenvalue weighted by molar-refractivity contribution is -0.113. The van der Waals surface area contributed by atoms with E-state index in [0.717, 1.165) is 27.9 Å². The van der Waals surface area contributed by atoms with Gasteiger partial charge in [0, 0.05) is 11.3 Å². The molecule has 140 valence electrons. The lowest BCUT2D eigenvalue weighted by Crippen LogP contribution is -2.15. The van der Waals surface area contributed by atoms with Crippen LogP contribution < -0.4 is 5.32 Å². The third-order valence-electron chi connectivity index (χ3n) is 4.06. The highest BCUT2D eigenvalue weighted by molar-refractivity contribution is 7.99. The number of carbonyl (C=O) groups excluding carboxylic acids is 1. The minimum Gasteiger partial charge on any atom is -0.411 e. The fraction of sp³-hybridized carbons (Fsp3) is 0.286. The number of nitrogens with zero attached hydrogens (tertiary/aromatic N) is 2. The number of thioether (sulfide) groups is 1. The predicted molar refractivity (Wildman–Crippen MR) is 109 cm³/mol. The molecule has 0 saturated carbocycles. The zero-order valence-electron chi connectivity index (χ0n) is 15.9. The largest absolute Gasteiger partial charge is 0.411 e. The number of aryl methyl sites for hydroxylation is 2. The van der Waals surface area contributed by atoms with E-state index < -0.39 is 0 Å². The standard InChI is InChI=1S/C21H23N3O2S/c1-13(2)17-7-5-6-8-18(17)22-19(25)12-27-21-24-23-20(26-21)16-10-14(3)9-15(4)11-16/h5-11,13H,12H2,1-4H3,(H,22,25). The Hall–Kier alpha value is -2.60. The summed E-state index contributed by atoms with van der Waals surface area (Å²) < 4.78 is 5.70. The van der Waals surface area contributed by atoms with Crippen molar-refractivity contribution >= 4 is 23.4 Å². The van der Waals surface area contributed by atoms with Gasteiger partial charge in [-0.3, -0.25) is 4.79 Å². The second kappa shape index (κ2) is 8.39. The van der Waals surface area contributed by atoms with Crippen molar-refractivity contribution in [3.8, 4) is 11.5 Å². The molecule has 0 atom stereocenters. The van der Waals surface area contributed by atoms with Crippen LogP contribution in [-0.2, 0) is 4.79 Å². The molecule has 0 radical (unpaired) electrons. The minimum atomic E-state index is -0.0979. The van der Waals surface area contributed by atoms with Gasteiger partial charge in [0.2, 0.25) is 11.8 Å². The van der Waals surface area contributed by atoms with Crippen molar-refractivity contribution in [2.24, 2.45) is 0 Å². The van der Waals surface area contributed by atoms with E-state index >= 15 is 0 Å². The van der Waals surface area contributed by atoms with Crippen molar-refractivity contribution in [1.29, 1.82) is 0 Å². The number of carbonyl (C=O) groups is 1. The third-order valence-corrected chi connectivity index (χ3v) is 4.88. The zero-order chi connectivity index (χ0) is 19.4. The van der Waals surface area contributed by atoms with E-state index in [1.54, 1.807) is 0 Å². The van der Waals surface area contributed by atoms with E-state index in [1.165, 1.54) is 11.8 Å². The van der Waals surface area contributed by atoms with Crippen LogP contribution in [0.2, 0.25) is 0 Å². The fourth-order valence-electron chi connectivity index (χ4n) is 2.91. The lowest BCUT2D eigenvalue weighted by Gasteiger charge is -2.13. The van der Waals surface area contributed by atoms with Crippen LogP contribution in [0, 0.1) is 13.8 Å². The van der Waals surface area contributed by atoms with Gasteiger partial charge in [-0.1, -0.05) is 61.0 Å². The van der Waals surface area contributed by atoms with Gasteiger partial charge in [-0.05, 0) is 43.5 Å². The summed E-state index contributed by atoms with van der Waals surface area (Å²) >= 11 is 1.23. The molecule has 0 fully saturated rings. The Morgan fingerprint density at radius 2 is 1.81 bits per heavy atom. The molecule has 0 spiro atoms. The van der Waals surface area contributed by atoms with E-state index in [4.69, 9.17) is 4.42 Å². The van der Waals surface area contributed by atoms with Gasteiger partial charge in [0.25, 0.3) is 5.22 Å². The Balaban J connectivity index is 1.63. The first-order valence-electron chi connectivity index (χ1n) is 8.86. The molecule has 0 aliphatic carbocycles. The lowest BCUT2D eigenvalue weighted by atomic mass is 10.0. The molecule has 3 rings (SSSR count). The first-order valence-corrected chi connectivity index (χ1v) is 9.84. The van der Waals surface area contributed by atoms with Crippen LogP contribution in [0.5, 0.6) is 0 Å². The molecule has 2 aromatic carbocycles. The van der Waals surface area contributed by atoms with Crippen LogP contribution in [0.1, 0.15) is 36.5 Å². The summed E-state index contributed by atoms with van der Waals surface area (Å²) in [5.41, 5.74) is 5.13.